The lowest BCUT2D eigenvalue weighted by atomic mass is 9.88. The van der Waals surface area contributed by atoms with E-state index < -0.39 is 0 Å². The van der Waals surface area contributed by atoms with Crippen molar-refractivity contribution in [1.29, 1.82) is 0 Å². The third kappa shape index (κ3) is 5.66. The van der Waals surface area contributed by atoms with E-state index in [1.165, 1.54) is 22.0 Å². The largest absolute Gasteiger partial charge is 0.354 e. The molecule has 0 aliphatic heterocycles. The van der Waals surface area contributed by atoms with Gasteiger partial charge in [0.2, 0.25) is 5.91 Å². The topological polar surface area (TPSA) is 34.0 Å². The van der Waals surface area contributed by atoms with Crippen LogP contribution < -0.4 is 5.32 Å². The van der Waals surface area contributed by atoms with Gasteiger partial charge in [-0.1, -0.05) is 72.3 Å². The van der Waals surface area contributed by atoms with E-state index in [0.717, 1.165) is 24.9 Å². The van der Waals surface area contributed by atoms with Gasteiger partial charge in [0.15, 0.2) is 0 Å². The normalized spacial score (nSPS) is 13.1. The molecule has 0 radical (unpaired) electrons. The zero-order chi connectivity index (χ0) is 23.2. The molecule has 0 fully saturated rings. The molecule has 4 aromatic rings. The molecule has 1 N–H and O–H groups in total. The van der Waals surface area contributed by atoms with Crippen LogP contribution in [0.25, 0.3) is 10.9 Å². The second-order valence-corrected chi connectivity index (χ2v) is 9.13. The van der Waals surface area contributed by atoms with Crippen molar-refractivity contribution in [3.8, 4) is 0 Å². The van der Waals surface area contributed by atoms with Crippen molar-refractivity contribution in [2.24, 2.45) is 0 Å². The molecule has 1 heterocycles. The second-order valence-electron chi connectivity index (χ2n) is 8.69. The first kappa shape index (κ1) is 23.1. The van der Waals surface area contributed by atoms with Crippen molar-refractivity contribution in [2.45, 2.75) is 51.6 Å². The van der Waals surface area contributed by atoms with Gasteiger partial charge in [-0.25, -0.2) is 0 Å². The number of halogens is 1. The Morgan fingerprint density at radius 1 is 1.00 bits per heavy atom. The molecule has 0 saturated heterocycles. The van der Waals surface area contributed by atoms with Crippen LogP contribution >= 0.6 is 11.6 Å². The van der Waals surface area contributed by atoms with Gasteiger partial charge in [-0.2, -0.15) is 0 Å². The van der Waals surface area contributed by atoms with Crippen LogP contribution in [0, 0.1) is 0 Å². The van der Waals surface area contributed by atoms with Gasteiger partial charge in [-0.05, 0) is 61.6 Å². The molecule has 3 aromatic carbocycles. The van der Waals surface area contributed by atoms with E-state index in [1.54, 1.807) is 0 Å². The highest BCUT2D eigenvalue weighted by molar-refractivity contribution is 6.30. The highest BCUT2D eigenvalue weighted by Gasteiger charge is 2.23. The number of amides is 1. The van der Waals surface area contributed by atoms with Crippen LogP contribution in [0.15, 0.2) is 85.1 Å². The van der Waals surface area contributed by atoms with Crippen LogP contribution in [-0.2, 0) is 17.8 Å². The number of nitrogens with zero attached hydrogens (tertiary/aromatic N) is 1. The fraction of sp³-hybridized carbons (Fsp3) is 0.276. The highest BCUT2D eigenvalue weighted by atomic mass is 35.5. The molecule has 33 heavy (non-hydrogen) atoms. The highest BCUT2D eigenvalue weighted by Crippen LogP contribution is 2.35. The summed E-state index contributed by atoms with van der Waals surface area (Å²) in [6.45, 7) is 5.11. The summed E-state index contributed by atoms with van der Waals surface area (Å²) in [6, 6.07) is 26.8. The molecule has 0 aliphatic rings. The Balaban J connectivity index is 1.56. The van der Waals surface area contributed by atoms with Crippen molar-refractivity contribution in [3.63, 3.8) is 0 Å². The molecule has 0 saturated carbocycles. The number of hydrogen-bond acceptors (Lipinski definition) is 1. The van der Waals surface area contributed by atoms with E-state index in [-0.39, 0.29) is 17.9 Å². The summed E-state index contributed by atoms with van der Waals surface area (Å²) in [7, 11) is 0. The van der Waals surface area contributed by atoms with Crippen LogP contribution in [0.2, 0.25) is 5.02 Å². The van der Waals surface area contributed by atoms with Gasteiger partial charge >= 0.3 is 0 Å². The van der Waals surface area contributed by atoms with Gasteiger partial charge in [0.1, 0.15) is 0 Å². The molecule has 0 bridgehead atoms. The second kappa shape index (κ2) is 10.7. The number of aryl methyl sites for hydroxylation is 2. The van der Waals surface area contributed by atoms with Crippen LogP contribution in [0.1, 0.15) is 49.3 Å². The first-order valence-electron chi connectivity index (χ1n) is 11.7. The molecule has 0 aliphatic carbocycles. The Labute approximate surface area is 201 Å². The maximum Gasteiger partial charge on any atom is 0.221 e. The predicted octanol–water partition coefficient (Wildman–Crippen LogP) is 6.97. The van der Waals surface area contributed by atoms with E-state index in [9.17, 15) is 4.79 Å². The van der Waals surface area contributed by atoms with Crippen molar-refractivity contribution in [3.05, 3.63) is 107 Å². The molecule has 3 nitrogen and oxygen atoms in total. The Morgan fingerprint density at radius 3 is 2.52 bits per heavy atom. The number of nitrogens with one attached hydrogen (secondary N) is 1. The quantitative estimate of drug-likeness (QED) is 0.288. The lowest BCUT2D eigenvalue weighted by Crippen LogP contribution is -2.33. The number of benzene rings is 3. The van der Waals surface area contributed by atoms with E-state index >= 15 is 0 Å². The molecule has 2 atom stereocenters. The van der Waals surface area contributed by atoms with E-state index in [1.807, 2.05) is 24.3 Å². The van der Waals surface area contributed by atoms with E-state index in [0.29, 0.717) is 11.4 Å². The summed E-state index contributed by atoms with van der Waals surface area (Å²) >= 11 is 6.34. The van der Waals surface area contributed by atoms with E-state index in [2.05, 4.69) is 84.5 Å². The average Bonchev–Trinajstić information content (AvgIpc) is 3.20. The van der Waals surface area contributed by atoms with Crippen molar-refractivity contribution < 1.29 is 4.79 Å². The maximum atomic E-state index is 13.2. The minimum atomic E-state index is -0.0669. The Morgan fingerprint density at radius 2 is 1.76 bits per heavy atom. The summed E-state index contributed by atoms with van der Waals surface area (Å²) in [4.78, 5) is 13.2. The van der Waals surface area contributed by atoms with Gasteiger partial charge in [0, 0.05) is 47.0 Å². The number of aromatic nitrogens is 1. The van der Waals surface area contributed by atoms with Crippen molar-refractivity contribution in [1.82, 2.24) is 9.88 Å². The van der Waals surface area contributed by atoms with Crippen LogP contribution in [0.4, 0.5) is 0 Å². The van der Waals surface area contributed by atoms with Crippen molar-refractivity contribution in [2.75, 3.05) is 0 Å². The predicted molar refractivity (Wildman–Crippen MR) is 138 cm³/mol. The number of carbonyl (C=O) groups excluding carboxylic acids is 1. The lowest BCUT2D eigenvalue weighted by Gasteiger charge is -2.20. The van der Waals surface area contributed by atoms with Gasteiger partial charge in [0.25, 0.3) is 0 Å². The van der Waals surface area contributed by atoms with Gasteiger partial charge < -0.3 is 9.88 Å². The third-order valence-electron chi connectivity index (χ3n) is 6.29. The fourth-order valence-electron chi connectivity index (χ4n) is 4.56. The summed E-state index contributed by atoms with van der Waals surface area (Å²) in [6.07, 6.45) is 4.44. The minimum absolute atomic E-state index is 0.0638. The van der Waals surface area contributed by atoms with Crippen LogP contribution in [-0.4, -0.2) is 16.5 Å². The van der Waals surface area contributed by atoms with Crippen LogP contribution in [0.3, 0.4) is 0 Å². The maximum absolute atomic E-state index is 13.2. The molecule has 4 heteroatoms. The summed E-state index contributed by atoms with van der Waals surface area (Å²) < 4.78 is 2.25. The third-order valence-corrected chi connectivity index (χ3v) is 6.53. The average molecular weight is 459 g/mol. The number of carbonyl (C=O) groups is 1. The monoisotopic (exact) mass is 458 g/mol. The summed E-state index contributed by atoms with van der Waals surface area (Å²) in [5.41, 5.74) is 4.72. The number of rotatable bonds is 9. The van der Waals surface area contributed by atoms with Crippen LogP contribution in [0.5, 0.6) is 0 Å². The number of hydrogen-bond donors (Lipinski definition) is 1. The zero-order valence-corrected chi connectivity index (χ0v) is 20.1. The molecule has 1 amide bonds. The standard InChI is InChI=1S/C29H31ClN2O/c1-3-32-20-27(25-14-7-8-15-28(25)32)26(23-12-9-13-24(30)18-23)19-29(33)31-21(2)16-17-22-10-5-4-6-11-22/h4-15,18,20-21,26H,3,16-17,19H2,1-2H3,(H,31,33)/t21-,26+/m1/s1. The summed E-state index contributed by atoms with van der Waals surface area (Å²) in [5, 5.41) is 5.10. The fourth-order valence-corrected chi connectivity index (χ4v) is 4.76. The number of fused-ring (bicyclic) bond motifs is 1. The minimum Gasteiger partial charge on any atom is -0.354 e. The van der Waals surface area contributed by atoms with Crippen molar-refractivity contribution >= 4 is 28.4 Å². The molecular formula is C29H31ClN2O. The Bertz CT molecular complexity index is 1210. The van der Waals surface area contributed by atoms with Gasteiger partial charge in [-0.15, -0.1) is 0 Å². The Hall–Kier alpha value is -3.04. The molecule has 0 unspecified atom stereocenters. The first-order chi connectivity index (χ1) is 16.0. The molecular weight excluding hydrogens is 428 g/mol. The van der Waals surface area contributed by atoms with E-state index in [4.69, 9.17) is 11.6 Å². The zero-order valence-electron chi connectivity index (χ0n) is 19.3. The molecule has 1 aromatic heterocycles. The Kier molecular flexibility index (Phi) is 7.51. The molecule has 4 rings (SSSR count). The number of para-hydroxylation sites is 1. The first-order valence-corrected chi connectivity index (χ1v) is 12.1. The molecule has 170 valence electrons. The SMILES string of the molecule is CCn1cc([C@@H](CC(=O)N[C@H](C)CCc2ccccc2)c2cccc(Cl)c2)c2ccccc21. The molecule has 0 spiro atoms. The lowest BCUT2D eigenvalue weighted by molar-refractivity contribution is -0.121. The summed E-state index contributed by atoms with van der Waals surface area (Å²) in [5.74, 6) is -0.00316. The van der Waals surface area contributed by atoms with Gasteiger partial charge in [-0.3, -0.25) is 4.79 Å². The smallest absolute Gasteiger partial charge is 0.221 e. The van der Waals surface area contributed by atoms with Gasteiger partial charge in [0.05, 0.1) is 0 Å².